The summed E-state index contributed by atoms with van der Waals surface area (Å²) in [6.45, 7) is 14.3. The Kier molecular flexibility index (Phi) is 11.7. The second-order valence-electron chi connectivity index (χ2n) is 11.9. The van der Waals surface area contributed by atoms with Gasteiger partial charge in [0.2, 0.25) is 0 Å². The number of carbonyl (C=O) groups is 1. The van der Waals surface area contributed by atoms with Gasteiger partial charge in [-0.25, -0.2) is 9.97 Å². The fourth-order valence-electron chi connectivity index (χ4n) is 4.79. The minimum atomic E-state index is -0.579. The Balaban J connectivity index is 1.77. The van der Waals surface area contributed by atoms with Crippen LogP contribution in [-0.2, 0) is 10.2 Å². The van der Waals surface area contributed by atoms with Crippen molar-refractivity contribution in [2.75, 3.05) is 51.8 Å². The summed E-state index contributed by atoms with van der Waals surface area (Å²) in [5.74, 6) is 1.52. The highest BCUT2D eigenvalue weighted by molar-refractivity contribution is 5.98. The van der Waals surface area contributed by atoms with E-state index in [0.717, 1.165) is 31.5 Å². The number of piperidine rings is 1. The summed E-state index contributed by atoms with van der Waals surface area (Å²) in [7, 11) is 1.68. The smallest absolute Gasteiger partial charge is 0.259 e. The predicted octanol–water partition coefficient (Wildman–Crippen LogP) is 3.37. The summed E-state index contributed by atoms with van der Waals surface area (Å²) in [6.07, 6.45) is 2.71. The zero-order valence-electron chi connectivity index (χ0n) is 24.5. The minimum absolute atomic E-state index is 0.00338. The number of amides is 1. The van der Waals surface area contributed by atoms with Crippen LogP contribution in [0.25, 0.3) is 0 Å². The fourth-order valence-corrected chi connectivity index (χ4v) is 4.79. The number of anilines is 1. The van der Waals surface area contributed by atoms with Crippen LogP contribution in [0.4, 0.5) is 5.82 Å². The van der Waals surface area contributed by atoms with E-state index in [0.29, 0.717) is 49.4 Å². The van der Waals surface area contributed by atoms with Gasteiger partial charge in [0.25, 0.3) is 5.91 Å². The zero-order chi connectivity index (χ0) is 28.4. The largest absolute Gasteiger partial charge is 0.387 e. The molecule has 4 N–H and O–H groups in total. The third-order valence-electron chi connectivity index (χ3n) is 6.88. The van der Waals surface area contributed by atoms with Crippen molar-refractivity contribution in [3.63, 3.8) is 0 Å². The third-order valence-corrected chi connectivity index (χ3v) is 6.88. The Bertz CT molecular complexity index is 1030. The van der Waals surface area contributed by atoms with Gasteiger partial charge in [-0.15, -0.1) is 0 Å². The summed E-state index contributed by atoms with van der Waals surface area (Å²) in [5.41, 5.74) is 1.15. The molecule has 3 rings (SSSR count). The number of methoxy groups -OCH3 is 1. The molecule has 9 heteroatoms. The maximum Gasteiger partial charge on any atom is 0.259 e. The average Bonchev–Trinajstić information content (AvgIpc) is 2.92. The van der Waals surface area contributed by atoms with Gasteiger partial charge in [-0.05, 0) is 24.3 Å². The molecule has 0 saturated carbocycles. The number of benzene rings is 1. The van der Waals surface area contributed by atoms with Gasteiger partial charge in [-0.3, -0.25) is 4.79 Å². The highest BCUT2D eigenvalue weighted by Crippen LogP contribution is 2.25. The van der Waals surface area contributed by atoms with Crippen LogP contribution in [0, 0.1) is 5.92 Å². The highest BCUT2D eigenvalue weighted by atomic mass is 16.5. The lowest BCUT2D eigenvalue weighted by atomic mass is 9.95. The van der Waals surface area contributed by atoms with Crippen molar-refractivity contribution >= 4 is 11.7 Å². The average molecular weight is 541 g/mol. The summed E-state index contributed by atoms with van der Waals surface area (Å²) >= 11 is 0. The SMILES string of the molecule is COCCCNc1nc(C(C)(C)C)ncc1C(=O)N(CC(C)C)[C@@H]1CNCC(NCC(O)c2ccccc2)C1. The van der Waals surface area contributed by atoms with Gasteiger partial charge in [0.1, 0.15) is 17.2 Å². The van der Waals surface area contributed by atoms with E-state index < -0.39 is 6.10 Å². The summed E-state index contributed by atoms with van der Waals surface area (Å²) < 4.78 is 5.19. The number of nitrogens with zero attached hydrogens (tertiary/aromatic N) is 3. The van der Waals surface area contributed by atoms with E-state index in [2.05, 4.69) is 55.6 Å². The molecule has 0 bridgehead atoms. The molecule has 2 aromatic rings. The Morgan fingerprint density at radius 1 is 1.23 bits per heavy atom. The summed E-state index contributed by atoms with van der Waals surface area (Å²) in [5, 5.41) is 21.0. The van der Waals surface area contributed by atoms with E-state index in [1.807, 2.05) is 35.2 Å². The number of aromatic nitrogens is 2. The van der Waals surface area contributed by atoms with Crippen molar-refractivity contribution in [1.29, 1.82) is 0 Å². The van der Waals surface area contributed by atoms with Crippen LogP contribution in [0.2, 0.25) is 0 Å². The van der Waals surface area contributed by atoms with Crippen LogP contribution in [0.3, 0.4) is 0 Å². The molecule has 9 nitrogen and oxygen atoms in total. The molecule has 2 unspecified atom stereocenters. The second kappa shape index (κ2) is 14.7. The quantitative estimate of drug-likeness (QED) is 0.286. The Morgan fingerprint density at radius 3 is 2.64 bits per heavy atom. The molecule has 1 aliphatic heterocycles. The topological polar surface area (TPSA) is 112 Å². The number of hydrogen-bond acceptors (Lipinski definition) is 8. The standard InChI is InChI=1S/C30H48N6O3/c1-21(2)20-36(24-15-23(16-31-17-24)33-19-26(37)22-11-8-7-9-12-22)28(38)25-18-34-29(30(3,4)5)35-27(25)32-13-10-14-39-6/h7-9,11-12,18,21,23-24,26,31,33,37H,10,13-17,19-20H2,1-6H3,(H,32,34,35)/t23?,24-,26?/m0/s1. The van der Waals surface area contributed by atoms with Crippen LogP contribution in [0.1, 0.15) is 75.3 Å². The van der Waals surface area contributed by atoms with Crippen molar-refractivity contribution in [2.45, 2.75) is 71.1 Å². The van der Waals surface area contributed by atoms with Crippen molar-refractivity contribution in [3.05, 3.63) is 53.5 Å². The van der Waals surface area contributed by atoms with Gasteiger partial charge in [0, 0.05) is 70.1 Å². The number of aliphatic hydroxyl groups is 1. The van der Waals surface area contributed by atoms with Crippen LogP contribution >= 0.6 is 0 Å². The predicted molar refractivity (Wildman–Crippen MR) is 156 cm³/mol. The van der Waals surface area contributed by atoms with E-state index in [4.69, 9.17) is 9.72 Å². The zero-order valence-corrected chi connectivity index (χ0v) is 24.5. The highest BCUT2D eigenvalue weighted by Gasteiger charge is 2.33. The molecule has 0 spiro atoms. The van der Waals surface area contributed by atoms with E-state index in [-0.39, 0.29) is 23.4 Å². The first kappa shape index (κ1) is 30.9. The van der Waals surface area contributed by atoms with Gasteiger partial charge in [0.05, 0.1) is 6.10 Å². The first-order valence-electron chi connectivity index (χ1n) is 14.2. The molecule has 1 aliphatic rings. The third kappa shape index (κ3) is 9.24. The normalized spacial score (nSPS) is 18.7. The molecular weight excluding hydrogens is 492 g/mol. The molecule has 1 aromatic heterocycles. The van der Waals surface area contributed by atoms with Crippen LogP contribution in [0.5, 0.6) is 0 Å². The molecule has 3 atom stereocenters. The number of nitrogens with one attached hydrogen (secondary N) is 3. The number of rotatable bonds is 13. The molecule has 1 saturated heterocycles. The number of ether oxygens (including phenoxy) is 1. The fraction of sp³-hybridized carbons (Fsp3) is 0.633. The molecule has 2 heterocycles. The lowest BCUT2D eigenvalue weighted by Gasteiger charge is -2.39. The van der Waals surface area contributed by atoms with Crippen molar-refractivity contribution in [2.24, 2.45) is 5.92 Å². The molecule has 0 aliphatic carbocycles. The van der Waals surface area contributed by atoms with E-state index >= 15 is 0 Å². The van der Waals surface area contributed by atoms with Crippen molar-refractivity contribution in [3.8, 4) is 0 Å². The Morgan fingerprint density at radius 2 is 1.97 bits per heavy atom. The number of carbonyl (C=O) groups excluding carboxylic acids is 1. The van der Waals surface area contributed by atoms with Gasteiger partial charge in [0.15, 0.2) is 0 Å². The van der Waals surface area contributed by atoms with Gasteiger partial charge < -0.3 is 30.7 Å². The molecule has 216 valence electrons. The molecular formula is C30H48N6O3. The van der Waals surface area contributed by atoms with Gasteiger partial charge in [-0.1, -0.05) is 65.0 Å². The summed E-state index contributed by atoms with van der Waals surface area (Å²) in [4.78, 5) is 25.5. The maximum absolute atomic E-state index is 14.1. The molecule has 0 radical (unpaired) electrons. The first-order valence-corrected chi connectivity index (χ1v) is 14.2. The number of aliphatic hydroxyl groups excluding tert-OH is 1. The molecule has 1 amide bonds. The Labute approximate surface area is 234 Å². The van der Waals surface area contributed by atoms with Gasteiger partial charge in [-0.2, -0.15) is 0 Å². The van der Waals surface area contributed by atoms with Crippen LogP contribution in [-0.4, -0.2) is 84.4 Å². The van der Waals surface area contributed by atoms with E-state index in [1.54, 1.807) is 13.3 Å². The van der Waals surface area contributed by atoms with Crippen molar-refractivity contribution in [1.82, 2.24) is 25.5 Å². The van der Waals surface area contributed by atoms with Crippen LogP contribution < -0.4 is 16.0 Å². The lowest BCUT2D eigenvalue weighted by molar-refractivity contribution is 0.0596. The molecule has 1 fully saturated rings. The second-order valence-corrected chi connectivity index (χ2v) is 11.9. The molecule has 39 heavy (non-hydrogen) atoms. The first-order chi connectivity index (χ1) is 18.6. The van der Waals surface area contributed by atoms with E-state index in [9.17, 15) is 9.90 Å². The summed E-state index contributed by atoms with van der Waals surface area (Å²) in [6, 6.07) is 9.83. The van der Waals surface area contributed by atoms with E-state index in [1.165, 1.54) is 0 Å². The monoisotopic (exact) mass is 540 g/mol. The minimum Gasteiger partial charge on any atom is -0.387 e. The van der Waals surface area contributed by atoms with Crippen LogP contribution in [0.15, 0.2) is 36.5 Å². The molecule has 1 aromatic carbocycles. The van der Waals surface area contributed by atoms with Gasteiger partial charge >= 0.3 is 0 Å². The number of hydrogen-bond donors (Lipinski definition) is 4. The van der Waals surface area contributed by atoms with Crippen molar-refractivity contribution < 1.29 is 14.6 Å². The Hall–Kier alpha value is -2.59. The lowest BCUT2D eigenvalue weighted by Crippen LogP contribution is -2.57. The maximum atomic E-state index is 14.1.